The molecule has 172 valence electrons. The predicted molar refractivity (Wildman–Crippen MR) is 132 cm³/mol. The molecule has 4 rings (SSSR count). The van der Waals surface area contributed by atoms with E-state index in [1.165, 1.54) is 11.3 Å². The summed E-state index contributed by atoms with van der Waals surface area (Å²) in [5, 5.41) is 13.6. The van der Waals surface area contributed by atoms with Crippen LogP contribution in [-0.2, 0) is 11.2 Å². The molecule has 1 saturated heterocycles. The van der Waals surface area contributed by atoms with E-state index < -0.39 is 5.97 Å². The summed E-state index contributed by atoms with van der Waals surface area (Å²) in [5.41, 5.74) is 3.51. The Labute approximate surface area is 202 Å². The summed E-state index contributed by atoms with van der Waals surface area (Å²) in [6.07, 6.45) is 2.10. The van der Waals surface area contributed by atoms with Crippen molar-refractivity contribution in [3.05, 3.63) is 69.7 Å². The highest BCUT2D eigenvalue weighted by Gasteiger charge is 2.23. The van der Waals surface area contributed by atoms with Crippen molar-refractivity contribution in [2.24, 2.45) is 5.92 Å². The number of carboxylic acids is 1. The van der Waals surface area contributed by atoms with Crippen molar-refractivity contribution in [2.45, 2.75) is 26.2 Å². The number of benzene rings is 2. The summed E-state index contributed by atoms with van der Waals surface area (Å²) in [6, 6.07) is 15.2. The summed E-state index contributed by atoms with van der Waals surface area (Å²) >= 11 is 7.36. The van der Waals surface area contributed by atoms with Gasteiger partial charge in [0, 0.05) is 35.9 Å². The van der Waals surface area contributed by atoms with E-state index in [-0.39, 0.29) is 12.3 Å². The number of piperidine rings is 1. The highest BCUT2D eigenvalue weighted by Crippen LogP contribution is 2.29. The fraction of sp³-hybridized carbons (Fsp3) is 0.320. The molecule has 2 aromatic carbocycles. The number of aliphatic carboxylic acids is 1. The molecule has 0 unspecified atom stereocenters. The first-order valence-corrected chi connectivity index (χ1v) is 12.2. The zero-order valence-electron chi connectivity index (χ0n) is 18.4. The standard InChI is InChI=1S/C25H26ClN3O3S/c1-16-23(33-25(28-16)19-7-9-20(26)10-8-19)24(32)27-14-18-5-3-11-29(15-18)21-6-2-4-17(12-21)13-22(30)31/h2,4,6-10,12,18H,3,5,11,13-15H2,1H3,(H,27,32)(H,30,31)/t18-/m1/s1. The number of carbonyl (C=O) groups is 2. The minimum absolute atomic E-state index is 0.0212. The predicted octanol–water partition coefficient (Wildman–Crippen LogP) is 5.05. The maximum absolute atomic E-state index is 12.9. The van der Waals surface area contributed by atoms with E-state index in [9.17, 15) is 9.59 Å². The van der Waals surface area contributed by atoms with Gasteiger partial charge in [-0.25, -0.2) is 4.98 Å². The number of hydrogen-bond donors (Lipinski definition) is 2. The molecule has 1 aromatic heterocycles. The number of carbonyl (C=O) groups excluding carboxylic acids is 1. The second-order valence-electron chi connectivity index (χ2n) is 8.35. The highest BCUT2D eigenvalue weighted by atomic mass is 35.5. The van der Waals surface area contributed by atoms with Crippen LogP contribution in [0.1, 0.15) is 33.8 Å². The van der Waals surface area contributed by atoms with Crippen LogP contribution in [0, 0.1) is 12.8 Å². The number of rotatable bonds is 7. The Morgan fingerprint density at radius 1 is 1.24 bits per heavy atom. The van der Waals surface area contributed by atoms with Crippen LogP contribution in [0.3, 0.4) is 0 Å². The van der Waals surface area contributed by atoms with Crippen LogP contribution < -0.4 is 10.2 Å². The van der Waals surface area contributed by atoms with E-state index in [1.54, 1.807) is 0 Å². The van der Waals surface area contributed by atoms with Crippen LogP contribution in [0.15, 0.2) is 48.5 Å². The maximum atomic E-state index is 12.9. The summed E-state index contributed by atoms with van der Waals surface area (Å²) in [5.74, 6) is -0.593. The van der Waals surface area contributed by atoms with Gasteiger partial charge >= 0.3 is 5.97 Å². The minimum Gasteiger partial charge on any atom is -0.481 e. The van der Waals surface area contributed by atoms with E-state index in [1.807, 2.05) is 55.5 Å². The van der Waals surface area contributed by atoms with E-state index in [0.717, 1.165) is 53.4 Å². The second-order valence-corrected chi connectivity index (χ2v) is 9.78. The summed E-state index contributed by atoms with van der Waals surface area (Å²) < 4.78 is 0. The number of anilines is 1. The lowest BCUT2D eigenvalue weighted by atomic mass is 9.97. The van der Waals surface area contributed by atoms with Crippen molar-refractivity contribution in [1.29, 1.82) is 0 Å². The van der Waals surface area contributed by atoms with Gasteiger partial charge < -0.3 is 15.3 Å². The second kappa shape index (κ2) is 10.4. The Morgan fingerprint density at radius 3 is 2.79 bits per heavy atom. The van der Waals surface area contributed by atoms with Crippen molar-refractivity contribution < 1.29 is 14.7 Å². The molecule has 1 atom stereocenters. The number of carboxylic acid groups (broad SMARTS) is 1. The molecule has 8 heteroatoms. The molecule has 1 aliphatic rings. The third kappa shape index (κ3) is 5.92. The number of amides is 1. The number of aryl methyl sites for hydroxylation is 1. The topological polar surface area (TPSA) is 82.5 Å². The van der Waals surface area contributed by atoms with Gasteiger partial charge in [-0.3, -0.25) is 9.59 Å². The maximum Gasteiger partial charge on any atom is 0.307 e. The molecule has 3 aromatic rings. The molecule has 1 aliphatic heterocycles. The van der Waals surface area contributed by atoms with Crippen LogP contribution in [0.25, 0.3) is 10.6 Å². The Balaban J connectivity index is 1.37. The number of nitrogens with zero attached hydrogens (tertiary/aromatic N) is 2. The zero-order chi connectivity index (χ0) is 23.4. The quantitative estimate of drug-likeness (QED) is 0.491. The molecule has 0 spiro atoms. The first kappa shape index (κ1) is 23.3. The molecule has 1 fully saturated rings. The molecule has 0 saturated carbocycles. The lowest BCUT2D eigenvalue weighted by molar-refractivity contribution is -0.136. The van der Waals surface area contributed by atoms with Crippen LogP contribution in [-0.4, -0.2) is 41.6 Å². The van der Waals surface area contributed by atoms with Gasteiger partial charge in [-0.2, -0.15) is 0 Å². The number of halogens is 1. The summed E-state index contributed by atoms with van der Waals surface area (Å²) in [7, 11) is 0. The molecule has 0 radical (unpaired) electrons. The van der Waals surface area contributed by atoms with Gasteiger partial charge in [-0.1, -0.05) is 35.9 Å². The average Bonchev–Trinajstić information content (AvgIpc) is 3.19. The van der Waals surface area contributed by atoms with E-state index in [2.05, 4.69) is 15.2 Å². The Hall–Kier alpha value is -2.90. The van der Waals surface area contributed by atoms with Crippen LogP contribution in [0.2, 0.25) is 5.02 Å². The molecule has 0 bridgehead atoms. The number of aromatic nitrogens is 1. The first-order chi connectivity index (χ1) is 15.9. The molecule has 1 amide bonds. The van der Waals surface area contributed by atoms with Gasteiger partial charge in [0.05, 0.1) is 12.1 Å². The summed E-state index contributed by atoms with van der Waals surface area (Å²) in [6.45, 7) is 4.21. The number of hydrogen-bond acceptors (Lipinski definition) is 5. The van der Waals surface area contributed by atoms with Crippen LogP contribution in [0.4, 0.5) is 5.69 Å². The Kier molecular flexibility index (Phi) is 7.30. The van der Waals surface area contributed by atoms with E-state index in [4.69, 9.17) is 16.7 Å². The van der Waals surface area contributed by atoms with Gasteiger partial charge in [0.25, 0.3) is 5.91 Å². The van der Waals surface area contributed by atoms with Gasteiger partial charge in [0.2, 0.25) is 0 Å². The Morgan fingerprint density at radius 2 is 2.03 bits per heavy atom. The van der Waals surface area contributed by atoms with Crippen LogP contribution >= 0.6 is 22.9 Å². The third-order valence-corrected chi connectivity index (χ3v) is 7.25. The van der Waals surface area contributed by atoms with Crippen molar-refractivity contribution in [1.82, 2.24) is 10.3 Å². The van der Waals surface area contributed by atoms with Gasteiger partial charge in [-0.15, -0.1) is 11.3 Å². The third-order valence-electron chi connectivity index (χ3n) is 5.80. The molecule has 2 heterocycles. The van der Waals surface area contributed by atoms with Gasteiger partial charge in [0.1, 0.15) is 9.88 Å². The van der Waals surface area contributed by atoms with Crippen molar-refractivity contribution in [3.63, 3.8) is 0 Å². The van der Waals surface area contributed by atoms with Crippen molar-refractivity contribution >= 4 is 40.5 Å². The number of nitrogens with one attached hydrogen (secondary N) is 1. The smallest absolute Gasteiger partial charge is 0.307 e. The normalized spacial score (nSPS) is 15.9. The van der Waals surface area contributed by atoms with Crippen molar-refractivity contribution in [3.8, 4) is 10.6 Å². The first-order valence-electron chi connectivity index (χ1n) is 11.0. The van der Waals surface area contributed by atoms with Crippen LogP contribution in [0.5, 0.6) is 0 Å². The largest absolute Gasteiger partial charge is 0.481 e. The van der Waals surface area contributed by atoms with Gasteiger partial charge in [0.15, 0.2) is 0 Å². The van der Waals surface area contributed by atoms with E-state index in [0.29, 0.717) is 22.4 Å². The molecular formula is C25H26ClN3O3S. The molecular weight excluding hydrogens is 458 g/mol. The fourth-order valence-corrected chi connectivity index (χ4v) is 5.26. The van der Waals surface area contributed by atoms with Crippen molar-refractivity contribution in [2.75, 3.05) is 24.5 Å². The SMILES string of the molecule is Cc1nc(-c2ccc(Cl)cc2)sc1C(=O)NC[C@H]1CCCN(c2cccc(CC(=O)O)c2)C1. The lowest BCUT2D eigenvalue weighted by Crippen LogP contribution is -2.41. The summed E-state index contributed by atoms with van der Waals surface area (Å²) in [4.78, 5) is 31.4. The Bertz CT molecular complexity index is 1150. The molecule has 0 aliphatic carbocycles. The number of thiazole rings is 1. The molecule has 2 N–H and O–H groups in total. The van der Waals surface area contributed by atoms with E-state index >= 15 is 0 Å². The molecule has 6 nitrogen and oxygen atoms in total. The van der Waals surface area contributed by atoms with Gasteiger partial charge in [-0.05, 0) is 55.5 Å². The molecule has 33 heavy (non-hydrogen) atoms. The average molecular weight is 484 g/mol. The minimum atomic E-state index is -0.830. The fourth-order valence-electron chi connectivity index (χ4n) is 4.14. The monoisotopic (exact) mass is 483 g/mol. The zero-order valence-corrected chi connectivity index (χ0v) is 20.0. The lowest BCUT2D eigenvalue weighted by Gasteiger charge is -2.34. The highest BCUT2D eigenvalue weighted by molar-refractivity contribution is 7.17.